The first-order valence-corrected chi connectivity index (χ1v) is 7.98. The molecule has 1 N–H and O–H groups in total. The Morgan fingerprint density at radius 3 is 2.62 bits per heavy atom. The van der Waals surface area contributed by atoms with Gasteiger partial charge in [0.1, 0.15) is 5.82 Å². The number of ether oxygens (including phenoxy) is 1. The molecule has 0 radical (unpaired) electrons. The molecule has 2 unspecified atom stereocenters. The molecule has 0 aromatic heterocycles. The van der Waals surface area contributed by atoms with E-state index in [1.165, 1.54) is 18.4 Å². The molecule has 1 saturated heterocycles. The minimum Gasteiger partial charge on any atom is -0.373 e. The van der Waals surface area contributed by atoms with E-state index in [4.69, 9.17) is 4.74 Å². The summed E-state index contributed by atoms with van der Waals surface area (Å²) in [6.45, 7) is 7.40. The summed E-state index contributed by atoms with van der Waals surface area (Å²) in [5, 5.41) is 3.48. The molecule has 2 aliphatic rings. The molecular formula is C17H25FN2O. The van der Waals surface area contributed by atoms with Gasteiger partial charge in [0, 0.05) is 37.8 Å². The van der Waals surface area contributed by atoms with Crippen molar-refractivity contribution in [3.05, 3.63) is 35.1 Å². The van der Waals surface area contributed by atoms with Gasteiger partial charge < -0.3 is 10.1 Å². The van der Waals surface area contributed by atoms with Crippen LogP contribution < -0.4 is 5.32 Å². The van der Waals surface area contributed by atoms with E-state index in [9.17, 15) is 4.39 Å². The fourth-order valence-electron chi connectivity index (χ4n) is 3.06. The molecule has 3 nitrogen and oxygen atoms in total. The van der Waals surface area contributed by atoms with Crippen molar-refractivity contribution >= 4 is 0 Å². The second-order valence-electron chi connectivity index (χ2n) is 6.53. The zero-order chi connectivity index (χ0) is 14.8. The maximum atomic E-state index is 14.1. The van der Waals surface area contributed by atoms with Crippen molar-refractivity contribution in [1.29, 1.82) is 0 Å². The third-order valence-corrected chi connectivity index (χ3v) is 4.17. The van der Waals surface area contributed by atoms with E-state index in [0.717, 1.165) is 25.2 Å². The van der Waals surface area contributed by atoms with Gasteiger partial charge in [-0.25, -0.2) is 4.39 Å². The largest absolute Gasteiger partial charge is 0.373 e. The molecule has 0 spiro atoms. The van der Waals surface area contributed by atoms with Gasteiger partial charge in [-0.2, -0.15) is 0 Å². The smallest absolute Gasteiger partial charge is 0.127 e. The number of rotatable bonds is 5. The van der Waals surface area contributed by atoms with Crippen molar-refractivity contribution < 1.29 is 9.13 Å². The van der Waals surface area contributed by atoms with Gasteiger partial charge in [0.25, 0.3) is 0 Å². The van der Waals surface area contributed by atoms with Gasteiger partial charge in [-0.1, -0.05) is 12.1 Å². The van der Waals surface area contributed by atoms with E-state index in [1.54, 1.807) is 6.07 Å². The highest BCUT2D eigenvalue weighted by Gasteiger charge is 2.23. The molecule has 1 heterocycles. The normalized spacial score (nSPS) is 27.0. The van der Waals surface area contributed by atoms with E-state index < -0.39 is 0 Å². The monoisotopic (exact) mass is 292 g/mol. The van der Waals surface area contributed by atoms with Gasteiger partial charge in [0.2, 0.25) is 0 Å². The summed E-state index contributed by atoms with van der Waals surface area (Å²) in [5.41, 5.74) is 1.97. The van der Waals surface area contributed by atoms with Crippen LogP contribution in [0.5, 0.6) is 0 Å². The molecule has 3 rings (SSSR count). The van der Waals surface area contributed by atoms with Crippen LogP contribution >= 0.6 is 0 Å². The molecular weight excluding hydrogens is 267 g/mol. The summed E-state index contributed by atoms with van der Waals surface area (Å²) in [7, 11) is 0. The maximum absolute atomic E-state index is 14.1. The topological polar surface area (TPSA) is 24.5 Å². The lowest BCUT2D eigenvalue weighted by atomic mass is 10.1. The Morgan fingerprint density at radius 2 is 1.95 bits per heavy atom. The Hall–Kier alpha value is -0.970. The maximum Gasteiger partial charge on any atom is 0.127 e. The Bertz CT molecular complexity index is 480. The van der Waals surface area contributed by atoms with Crippen LogP contribution in [0.3, 0.4) is 0 Å². The fourth-order valence-corrected chi connectivity index (χ4v) is 3.06. The van der Waals surface area contributed by atoms with Crippen molar-refractivity contribution in [2.24, 2.45) is 0 Å². The van der Waals surface area contributed by atoms with Gasteiger partial charge in [0.05, 0.1) is 12.2 Å². The summed E-state index contributed by atoms with van der Waals surface area (Å²) < 4.78 is 19.8. The first-order valence-electron chi connectivity index (χ1n) is 7.98. The number of nitrogens with zero attached hydrogens (tertiary/aromatic N) is 1. The quantitative estimate of drug-likeness (QED) is 0.903. The van der Waals surface area contributed by atoms with Gasteiger partial charge in [-0.05, 0) is 38.3 Å². The van der Waals surface area contributed by atoms with Crippen LogP contribution in [-0.4, -0.2) is 36.2 Å². The van der Waals surface area contributed by atoms with Gasteiger partial charge in [-0.3, -0.25) is 4.90 Å². The third-order valence-electron chi connectivity index (χ3n) is 4.17. The predicted octanol–water partition coefficient (Wildman–Crippen LogP) is 2.69. The van der Waals surface area contributed by atoms with E-state index in [1.807, 2.05) is 12.1 Å². The number of benzene rings is 1. The summed E-state index contributed by atoms with van der Waals surface area (Å²) in [6, 6.07) is 6.18. The Balaban J connectivity index is 1.63. The molecule has 116 valence electrons. The first-order chi connectivity index (χ1) is 10.1. The minimum absolute atomic E-state index is 0.100. The summed E-state index contributed by atoms with van der Waals surface area (Å²) in [5.74, 6) is -0.100. The Kier molecular flexibility index (Phi) is 4.57. The molecule has 4 heteroatoms. The zero-order valence-electron chi connectivity index (χ0n) is 12.9. The molecule has 0 bridgehead atoms. The molecule has 1 aromatic rings. The van der Waals surface area contributed by atoms with Crippen molar-refractivity contribution in [2.75, 3.05) is 13.1 Å². The molecule has 1 aliphatic carbocycles. The van der Waals surface area contributed by atoms with E-state index in [0.29, 0.717) is 12.6 Å². The Morgan fingerprint density at radius 1 is 1.24 bits per heavy atom. The van der Waals surface area contributed by atoms with Gasteiger partial charge in [0.15, 0.2) is 0 Å². The standard InChI is InChI=1S/C17H25FN2O/c1-12-9-20(10-13(2)21-12)11-15-7-14(3-6-17(15)18)8-19-16-4-5-16/h3,6-7,12-13,16,19H,4-5,8-11H2,1-2H3. The summed E-state index contributed by atoms with van der Waals surface area (Å²) >= 11 is 0. The van der Waals surface area contributed by atoms with Crippen molar-refractivity contribution in [1.82, 2.24) is 10.2 Å². The van der Waals surface area contributed by atoms with Gasteiger partial charge >= 0.3 is 0 Å². The second-order valence-corrected chi connectivity index (χ2v) is 6.53. The van der Waals surface area contributed by atoms with E-state index >= 15 is 0 Å². The van der Waals surface area contributed by atoms with Gasteiger partial charge in [-0.15, -0.1) is 0 Å². The van der Waals surface area contributed by atoms with E-state index in [-0.39, 0.29) is 18.0 Å². The highest BCUT2D eigenvalue weighted by Crippen LogP contribution is 2.21. The van der Waals surface area contributed by atoms with E-state index in [2.05, 4.69) is 24.1 Å². The summed E-state index contributed by atoms with van der Waals surface area (Å²) in [4.78, 5) is 2.29. The number of morpholine rings is 1. The SMILES string of the molecule is CC1CN(Cc2cc(CNC3CC3)ccc2F)CC(C)O1. The highest BCUT2D eigenvalue weighted by molar-refractivity contribution is 5.25. The molecule has 2 fully saturated rings. The van der Waals surface area contributed by atoms with Crippen molar-refractivity contribution in [3.8, 4) is 0 Å². The molecule has 2 atom stereocenters. The molecule has 1 saturated carbocycles. The second kappa shape index (κ2) is 6.42. The highest BCUT2D eigenvalue weighted by atomic mass is 19.1. The van der Waals surface area contributed by atoms with Crippen LogP contribution in [0.25, 0.3) is 0 Å². The molecule has 1 aliphatic heterocycles. The lowest BCUT2D eigenvalue weighted by Crippen LogP contribution is -2.44. The van der Waals surface area contributed by atoms with Crippen molar-refractivity contribution in [3.63, 3.8) is 0 Å². The number of hydrogen-bond acceptors (Lipinski definition) is 3. The lowest BCUT2D eigenvalue weighted by Gasteiger charge is -2.35. The van der Waals surface area contributed by atoms with Crippen LogP contribution in [0.1, 0.15) is 37.8 Å². The molecule has 1 aromatic carbocycles. The van der Waals surface area contributed by atoms with Crippen LogP contribution in [0.15, 0.2) is 18.2 Å². The minimum atomic E-state index is -0.100. The van der Waals surface area contributed by atoms with Crippen LogP contribution in [-0.2, 0) is 17.8 Å². The number of nitrogens with one attached hydrogen (secondary N) is 1. The van der Waals surface area contributed by atoms with Crippen LogP contribution in [0, 0.1) is 5.82 Å². The number of hydrogen-bond donors (Lipinski definition) is 1. The van der Waals surface area contributed by atoms with Crippen LogP contribution in [0.4, 0.5) is 4.39 Å². The van der Waals surface area contributed by atoms with Crippen molar-refractivity contribution in [2.45, 2.75) is 58.0 Å². The fraction of sp³-hybridized carbons (Fsp3) is 0.647. The first kappa shape index (κ1) is 14.9. The lowest BCUT2D eigenvalue weighted by molar-refractivity contribution is -0.0707. The average Bonchev–Trinajstić information content (AvgIpc) is 3.22. The number of halogens is 1. The summed E-state index contributed by atoms with van der Waals surface area (Å²) in [6.07, 6.45) is 2.99. The average molecular weight is 292 g/mol. The predicted molar refractivity (Wildman–Crippen MR) is 81.5 cm³/mol. The third kappa shape index (κ3) is 4.25. The molecule has 0 amide bonds. The van der Waals surface area contributed by atoms with Crippen LogP contribution in [0.2, 0.25) is 0 Å². The Labute approximate surface area is 126 Å². The molecule has 21 heavy (non-hydrogen) atoms. The zero-order valence-corrected chi connectivity index (χ0v) is 12.9.